The van der Waals surface area contributed by atoms with Crippen LogP contribution in [0, 0.1) is 18.7 Å². The van der Waals surface area contributed by atoms with Crippen LogP contribution in [0.25, 0.3) is 0 Å². The average Bonchev–Trinajstić information content (AvgIpc) is 2.58. The van der Waals surface area contributed by atoms with Crippen molar-refractivity contribution in [1.82, 2.24) is 15.1 Å². The molecule has 2 aliphatic rings. The van der Waals surface area contributed by atoms with Crippen molar-refractivity contribution in [2.45, 2.75) is 19.8 Å². The summed E-state index contributed by atoms with van der Waals surface area (Å²) in [6.45, 7) is 8.42. The van der Waals surface area contributed by atoms with E-state index in [1.807, 2.05) is 4.90 Å². The van der Waals surface area contributed by atoms with Crippen molar-refractivity contribution in [2.75, 3.05) is 45.8 Å². The van der Waals surface area contributed by atoms with E-state index in [4.69, 9.17) is 0 Å². The molecule has 2 fully saturated rings. The summed E-state index contributed by atoms with van der Waals surface area (Å²) in [5, 5.41) is 3.40. The molecule has 134 valence electrons. The maximum atomic E-state index is 13.6. The zero-order valence-corrected chi connectivity index (χ0v) is 15.1. The van der Waals surface area contributed by atoms with E-state index in [-0.39, 0.29) is 24.1 Å². The first kappa shape index (κ1) is 19.2. The van der Waals surface area contributed by atoms with Crippen LogP contribution in [0.15, 0.2) is 18.2 Å². The number of aryl methyl sites for hydroxylation is 1. The summed E-state index contributed by atoms with van der Waals surface area (Å²) < 4.78 is 13.6. The van der Waals surface area contributed by atoms with E-state index in [0.29, 0.717) is 11.1 Å². The molecule has 1 aromatic carbocycles. The van der Waals surface area contributed by atoms with Crippen LogP contribution in [0.3, 0.4) is 0 Å². The normalized spacial score (nSPS) is 19.8. The molecule has 0 spiro atoms. The van der Waals surface area contributed by atoms with Crippen LogP contribution in [-0.4, -0.2) is 61.5 Å². The molecule has 0 aliphatic carbocycles. The van der Waals surface area contributed by atoms with Gasteiger partial charge in [-0.05, 0) is 56.5 Å². The third-order valence-electron chi connectivity index (χ3n) is 5.05. The van der Waals surface area contributed by atoms with Gasteiger partial charge in [-0.1, -0.05) is 6.07 Å². The Labute approximate surface area is 149 Å². The monoisotopic (exact) mass is 355 g/mol. The fourth-order valence-corrected chi connectivity index (χ4v) is 3.47. The highest BCUT2D eigenvalue weighted by molar-refractivity contribution is 5.94. The SMILES string of the molecule is Cc1ccc(C(=O)N2CCN(CC3CCNCC3)CC2)cc1F.Cl. The number of piperidine rings is 1. The zero-order valence-electron chi connectivity index (χ0n) is 14.3. The third-order valence-corrected chi connectivity index (χ3v) is 5.05. The molecule has 1 amide bonds. The lowest BCUT2D eigenvalue weighted by atomic mass is 9.97. The van der Waals surface area contributed by atoms with E-state index in [1.54, 1.807) is 19.1 Å². The summed E-state index contributed by atoms with van der Waals surface area (Å²) >= 11 is 0. The second kappa shape index (κ2) is 8.79. The molecule has 24 heavy (non-hydrogen) atoms. The van der Waals surface area contributed by atoms with Crippen molar-refractivity contribution in [1.29, 1.82) is 0 Å². The van der Waals surface area contributed by atoms with Crippen LogP contribution in [0.4, 0.5) is 4.39 Å². The van der Waals surface area contributed by atoms with Gasteiger partial charge in [-0.15, -0.1) is 12.4 Å². The largest absolute Gasteiger partial charge is 0.336 e. The minimum Gasteiger partial charge on any atom is -0.336 e. The zero-order chi connectivity index (χ0) is 16.2. The predicted octanol–water partition coefficient (Wildman–Crippen LogP) is 2.31. The smallest absolute Gasteiger partial charge is 0.254 e. The van der Waals surface area contributed by atoms with Gasteiger partial charge in [0.05, 0.1) is 0 Å². The first-order valence-corrected chi connectivity index (χ1v) is 8.62. The number of hydrogen-bond acceptors (Lipinski definition) is 3. The molecule has 0 aromatic heterocycles. The second-order valence-electron chi connectivity index (χ2n) is 6.75. The summed E-state index contributed by atoms with van der Waals surface area (Å²) in [6.07, 6.45) is 2.50. The van der Waals surface area contributed by atoms with Crippen molar-refractivity contribution in [2.24, 2.45) is 5.92 Å². The molecule has 1 N–H and O–H groups in total. The van der Waals surface area contributed by atoms with Gasteiger partial charge in [-0.3, -0.25) is 9.69 Å². The van der Waals surface area contributed by atoms with E-state index in [0.717, 1.165) is 51.7 Å². The minimum absolute atomic E-state index is 0. The molecular weight excluding hydrogens is 329 g/mol. The van der Waals surface area contributed by atoms with E-state index in [9.17, 15) is 9.18 Å². The minimum atomic E-state index is -0.305. The van der Waals surface area contributed by atoms with Crippen LogP contribution < -0.4 is 5.32 Å². The number of hydrogen-bond donors (Lipinski definition) is 1. The molecule has 0 radical (unpaired) electrons. The molecule has 6 heteroatoms. The number of nitrogens with zero attached hydrogens (tertiary/aromatic N) is 2. The Morgan fingerprint density at radius 3 is 2.50 bits per heavy atom. The molecule has 2 heterocycles. The maximum absolute atomic E-state index is 13.6. The van der Waals surface area contributed by atoms with Gasteiger partial charge in [0, 0.05) is 38.3 Å². The van der Waals surface area contributed by atoms with Gasteiger partial charge in [-0.25, -0.2) is 4.39 Å². The number of rotatable bonds is 3. The fourth-order valence-electron chi connectivity index (χ4n) is 3.47. The van der Waals surface area contributed by atoms with Gasteiger partial charge >= 0.3 is 0 Å². The second-order valence-corrected chi connectivity index (χ2v) is 6.75. The number of carbonyl (C=O) groups is 1. The Bertz CT molecular complexity index is 555. The standard InChI is InChI=1S/C18H26FN3O.ClH/c1-14-2-3-16(12-17(14)19)18(23)22-10-8-21(9-11-22)13-15-4-6-20-7-5-15;/h2-3,12,15,20H,4-11,13H2,1H3;1H. The number of amides is 1. The summed E-state index contributed by atoms with van der Waals surface area (Å²) in [5.74, 6) is 0.426. The van der Waals surface area contributed by atoms with Gasteiger partial charge in [0.25, 0.3) is 5.91 Å². The number of carbonyl (C=O) groups excluding carboxylic acids is 1. The third kappa shape index (κ3) is 4.68. The lowest BCUT2D eigenvalue weighted by Gasteiger charge is -2.37. The van der Waals surface area contributed by atoms with Crippen LogP contribution >= 0.6 is 12.4 Å². The fraction of sp³-hybridized carbons (Fsp3) is 0.611. The summed E-state index contributed by atoms with van der Waals surface area (Å²) in [7, 11) is 0. The maximum Gasteiger partial charge on any atom is 0.254 e. The van der Waals surface area contributed by atoms with Gasteiger partial charge in [0.1, 0.15) is 5.82 Å². The van der Waals surface area contributed by atoms with Crippen molar-refractivity contribution in [3.63, 3.8) is 0 Å². The molecule has 3 rings (SSSR count). The number of halogens is 2. The average molecular weight is 356 g/mol. The van der Waals surface area contributed by atoms with Gasteiger partial charge in [-0.2, -0.15) is 0 Å². The molecule has 0 unspecified atom stereocenters. The van der Waals surface area contributed by atoms with Crippen molar-refractivity contribution in [3.8, 4) is 0 Å². The van der Waals surface area contributed by atoms with Crippen molar-refractivity contribution >= 4 is 18.3 Å². The molecule has 2 saturated heterocycles. The summed E-state index contributed by atoms with van der Waals surface area (Å²) in [5.41, 5.74) is 1.04. The summed E-state index contributed by atoms with van der Waals surface area (Å²) in [6, 6.07) is 4.76. The van der Waals surface area contributed by atoms with Gasteiger partial charge in [0.2, 0.25) is 0 Å². The van der Waals surface area contributed by atoms with E-state index in [1.165, 1.54) is 18.9 Å². The molecule has 0 bridgehead atoms. The van der Waals surface area contributed by atoms with Crippen LogP contribution in [0.2, 0.25) is 0 Å². The molecular formula is C18H27ClFN3O. The Kier molecular flexibility index (Phi) is 7.02. The lowest BCUT2D eigenvalue weighted by molar-refractivity contribution is 0.0608. The number of piperazine rings is 1. The van der Waals surface area contributed by atoms with Crippen molar-refractivity contribution < 1.29 is 9.18 Å². The first-order valence-electron chi connectivity index (χ1n) is 8.62. The molecule has 2 aliphatic heterocycles. The van der Waals surface area contributed by atoms with E-state index in [2.05, 4.69) is 10.2 Å². The molecule has 0 atom stereocenters. The number of nitrogens with one attached hydrogen (secondary N) is 1. The van der Waals surface area contributed by atoms with Crippen LogP contribution in [0.1, 0.15) is 28.8 Å². The highest BCUT2D eigenvalue weighted by Crippen LogP contribution is 2.16. The lowest BCUT2D eigenvalue weighted by Crippen LogP contribution is -2.50. The molecule has 1 aromatic rings. The summed E-state index contributed by atoms with van der Waals surface area (Å²) in [4.78, 5) is 16.8. The van der Waals surface area contributed by atoms with Crippen molar-refractivity contribution in [3.05, 3.63) is 35.1 Å². The first-order chi connectivity index (χ1) is 11.1. The highest BCUT2D eigenvalue weighted by atomic mass is 35.5. The van der Waals surface area contributed by atoms with Crippen LogP contribution in [0.5, 0.6) is 0 Å². The molecule has 0 saturated carbocycles. The van der Waals surface area contributed by atoms with Gasteiger partial charge < -0.3 is 10.2 Å². The van der Waals surface area contributed by atoms with E-state index < -0.39 is 0 Å². The Morgan fingerprint density at radius 1 is 1.21 bits per heavy atom. The highest BCUT2D eigenvalue weighted by Gasteiger charge is 2.24. The quantitative estimate of drug-likeness (QED) is 0.903. The van der Waals surface area contributed by atoms with E-state index >= 15 is 0 Å². The topological polar surface area (TPSA) is 35.6 Å². The van der Waals surface area contributed by atoms with Gasteiger partial charge in [0.15, 0.2) is 0 Å². The Hall–Kier alpha value is -1.17. The Morgan fingerprint density at radius 2 is 1.88 bits per heavy atom. The Balaban J connectivity index is 0.00000208. The number of benzene rings is 1. The molecule has 4 nitrogen and oxygen atoms in total. The van der Waals surface area contributed by atoms with Crippen LogP contribution in [-0.2, 0) is 0 Å². The predicted molar refractivity (Wildman–Crippen MR) is 96.3 cm³/mol.